The summed E-state index contributed by atoms with van der Waals surface area (Å²) in [6.07, 6.45) is 5.72. The minimum atomic E-state index is 0.556. The third-order valence-electron chi connectivity index (χ3n) is 3.21. The summed E-state index contributed by atoms with van der Waals surface area (Å²) >= 11 is 0. The predicted octanol–water partition coefficient (Wildman–Crippen LogP) is 2.38. The monoisotopic (exact) mass is 152 g/mol. The van der Waals surface area contributed by atoms with Gasteiger partial charge in [-0.05, 0) is 37.5 Å². The van der Waals surface area contributed by atoms with Crippen molar-refractivity contribution in [2.75, 3.05) is 7.11 Å². The van der Waals surface area contributed by atoms with Crippen molar-refractivity contribution in [2.24, 2.45) is 11.8 Å². The summed E-state index contributed by atoms with van der Waals surface area (Å²) in [6.45, 7) is 4.07. The van der Waals surface area contributed by atoms with Crippen LogP contribution in [0.5, 0.6) is 0 Å². The zero-order valence-electron chi connectivity index (χ0n) is 7.18. The van der Waals surface area contributed by atoms with Crippen molar-refractivity contribution >= 4 is 0 Å². The average molecular weight is 152 g/mol. The summed E-state index contributed by atoms with van der Waals surface area (Å²) in [7, 11) is 1.85. The Morgan fingerprint density at radius 1 is 1.27 bits per heavy atom. The Kier molecular flexibility index (Phi) is 1.76. The topological polar surface area (TPSA) is 9.23 Å². The Bertz CT molecular complexity index is 158. The van der Waals surface area contributed by atoms with Crippen LogP contribution in [0.15, 0.2) is 12.2 Å². The molecule has 2 aliphatic carbocycles. The van der Waals surface area contributed by atoms with E-state index in [0.717, 1.165) is 11.8 Å². The van der Waals surface area contributed by atoms with Crippen molar-refractivity contribution in [3.63, 3.8) is 0 Å². The summed E-state index contributed by atoms with van der Waals surface area (Å²) in [6, 6.07) is 0. The number of ether oxygens (including phenoxy) is 1. The van der Waals surface area contributed by atoms with E-state index >= 15 is 0 Å². The summed E-state index contributed by atoms with van der Waals surface area (Å²) in [4.78, 5) is 0. The minimum Gasteiger partial charge on any atom is -0.381 e. The lowest BCUT2D eigenvalue weighted by molar-refractivity contribution is 0.0270. The van der Waals surface area contributed by atoms with Gasteiger partial charge in [0.05, 0.1) is 6.10 Å². The average Bonchev–Trinajstić information content (AvgIpc) is 2.23. The summed E-state index contributed by atoms with van der Waals surface area (Å²) < 4.78 is 5.49. The van der Waals surface area contributed by atoms with Crippen LogP contribution in [0.25, 0.3) is 0 Å². The maximum atomic E-state index is 5.49. The van der Waals surface area contributed by atoms with Crippen LogP contribution in [0, 0.1) is 11.8 Å². The molecule has 0 radical (unpaired) electrons. The van der Waals surface area contributed by atoms with Crippen LogP contribution in [-0.2, 0) is 4.74 Å². The zero-order valence-corrected chi connectivity index (χ0v) is 7.18. The second-order valence-electron chi connectivity index (χ2n) is 3.96. The number of fused-ring (bicyclic) bond motifs is 2. The molecule has 1 heteroatoms. The second-order valence-corrected chi connectivity index (χ2v) is 3.96. The van der Waals surface area contributed by atoms with Gasteiger partial charge in [-0.25, -0.2) is 0 Å². The summed E-state index contributed by atoms with van der Waals surface area (Å²) in [5.74, 6) is 1.59. The van der Waals surface area contributed by atoms with Gasteiger partial charge in [0.15, 0.2) is 0 Å². The first-order valence-corrected chi connectivity index (χ1v) is 4.50. The highest BCUT2D eigenvalue weighted by Crippen LogP contribution is 2.45. The van der Waals surface area contributed by atoms with E-state index in [0.29, 0.717) is 6.10 Å². The molecule has 62 valence electrons. The number of hydrogen-bond donors (Lipinski definition) is 0. The van der Waals surface area contributed by atoms with E-state index < -0.39 is 0 Å². The van der Waals surface area contributed by atoms with Crippen molar-refractivity contribution in [2.45, 2.75) is 31.8 Å². The van der Waals surface area contributed by atoms with Crippen molar-refractivity contribution < 1.29 is 4.74 Å². The molecule has 0 aliphatic heterocycles. The summed E-state index contributed by atoms with van der Waals surface area (Å²) in [5.41, 5.74) is 1.45. The molecule has 0 aromatic carbocycles. The fourth-order valence-corrected chi connectivity index (χ4v) is 2.79. The van der Waals surface area contributed by atoms with Gasteiger partial charge in [0, 0.05) is 7.11 Å². The molecule has 0 heterocycles. The van der Waals surface area contributed by atoms with Gasteiger partial charge >= 0.3 is 0 Å². The Morgan fingerprint density at radius 2 is 1.82 bits per heavy atom. The van der Waals surface area contributed by atoms with Crippen LogP contribution in [0.4, 0.5) is 0 Å². The molecule has 2 unspecified atom stereocenters. The van der Waals surface area contributed by atoms with Gasteiger partial charge in [-0.1, -0.05) is 12.2 Å². The van der Waals surface area contributed by atoms with Crippen LogP contribution < -0.4 is 0 Å². The van der Waals surface area contributed by atoms with Gasteiger partial charge in [-0.2, -0.15) is 0 Å². The Hall–Kier alpha value is -0.300. The smallest absolute Gasteiger partial charge is 0.0633 e. The predicted molar refractivity (Wildman–Crippen MR) is 45.4 cm³/mol. The molecule has 0 aromatic rings. The lowest BCUT2D eigenvalue weighted by Gasteiger charge is -2.29. The Morgan fingerprint density at radius 3 is 2.27 bits per heavy atom. The van der Waals surface area contributed by atoms with Crippen molar-refractivity contribution in [1.82, 2.24) is 0 Å². The van der Waals surface area contributed by atoms with Gasteiger partial charge in [-0.15, -0.1) is 0 Å². The fraction of sp³-hybridized carbons (Fsp3) is 0.800. The first-order chi connectivity index (χ1) is 5.31. The van der Waals surface area contributed by atoms with Gasteiger partial charge < -0.3 is 4.74 Å². The highest BCUT2D eigenvalue weighted by atomic mass is 16.5. The molecule has 2 aliphatic rings. The molecule has 0 aromatic heterocycles. The van der Waals surface area contributed by atoms with Crippen molar-refractivity contribution in [1.29, 1.82) is 0 Å². The molecule has 2 fully saturated rings. The fourth-order valence-electron chi connectivity index (χ4n) is 2.79. The van der Waals surface area contributed by atoms with E-state index in [2.05, 4.69) is 6.58 Å². The number of rotatable bonds is 1. The molecule has 2 rings (SSSR count). The molecule has 1 nitrogen and oxygen atoms in total. The Balaban J connectivity index is 2.12. The summed E-state index contributed by atoms with van der Waals surface area (Å²) in [5, 5.41) is 0. The molecule has 0 N–H and O–H groups in total. The lowest BCUT2D eigenvalue weighted by atomic mass is 9.83. The van der Waals surface area contributed by atoms with Gasteiger partial charge in [0.1, 0.15) is 0 Å². The van der Waals surface area contributed by atoms with E-state index in [-0.39, 0.29) is 0 Å². The molecular formula is C10H16O. The standard InChI is InChI=1S/C10H16O/c1-7-5-8-3-4-9(6-7)10(8)11-2/h8-10H,1,3-6H2,2H3. The molecule has 2 bridgehead atoms. The van der Waals surface area contributed by atoms with Crippen molar-refractivity contribution in [3.8, 4) is 0 Å². The lowest BCUT2D eigenvalue weighted by Crippen LogP contribution is -2.28. The number of hydrogen-bond acceptors (Lipinski definition) is 1. The van der Waals surface area contributed by atoms with Crippen LogP contribution in [0.1, 0.15) is 25.7 Å². The van der Waals surface area contributed by atoms with E-state index in [1.807, 2.05) is 7.11 Å². The maximum Gasteiger partial charge on any atom is 0.0633 e. The molecule has 0 saturated heterocycles. The minimum absolute atomic E-state index is 0.556. The first-order valence-electron chi connectivity index (χ1n) is 4.50. The number of allylic oxidation sites excluding steroid dienone is 1. The Labute approximate surface area is 68.4 Å². The van der Waals surface area contributed by atoms with E-state index in [1.54, 1.807) is 0 Å². The highest BCUT2D eigenvalue weighted by molar-refractivity contribution is 5.08. The van der Waals surface area contributed by atoms with E-state index in [1.165, 1.54) is 31.3 Å². The molecule has 11 heavy (non-hydrogen) atoms. The van der Waals surface area contributed by atoms with Crippen LogP contribution in [-0.4, -0.2) is 13.2 Å². The molecular weight excluding hydrogens is 136 g/mol. The van der Waals surface area contributed by atoms with Crippen LogP contribution in [0.2, 0.25) is 0 Å². The largest absolute Gasteiger partial charge is 0.381 e. The van der Waals surface area contributed by atoms with Crippen molar-refractivity contribution in [3.05, 3.63) is 12.2 Å². The van der Waals surface area contributed by atoms with E-state index in [4.69, 9.17) is 4.74 Å². The van der Waals surface area contributed by atoms with Gasteiger partial charge in [0.25, 0.3) is 0 Å². The highest BCUT2D eigenvalue weighted by Gasteiger charge is 2.40. The third-order valence-corrected chi connectivity index (χ3v) is 3.21. The third kappa shape index (κ3) is 1.12. The first kappa shape index (κ1) is 7.35. The second kappa shape index (κ2) is 2.63. The SMILES string of the molecule is C=C1CC2CCC(C1)C2OC. The van der Waals surface area contributed by atoms with Gasteiger partial charge in [0.2, 0.25) is 0 Å². The normalized spacial score (nSPS) is 43.0. The quantitative estimate of drug-likeness (QED) is 0.524. The van der Waals surface area contributed by atoms with E-state index in [9.17, 15) is 0 Å². The maximum absolute atomic E-state index is 5.49. The molecule has 2 atom stereocenters. The van der Waals surface area contributed by atoms with Gasteiger partial charge in [-0.3, -0.25) is 0 Å². The molecule has 0 amide bonds. The van der Waals surface area contributed by atoms with Crippen LogP contribution >= 0.6 is 0 Å². The zero-order chi connectivity index (χ0) is 7.84. The van der Waals surface area contributed by atoms with Crippen LogP contribution in [0.3, 0.4) is 0 Å². The molecule has 0 spiro atoms. The number of methoxy groups -OCH3 is 1. The molecule has 2 saturated carbocycles.